The van der Waals surface area contributed by atoms with E-state index in [0.717, 1.165) is 4.88 Å². The molecule has 1 atom stereocenters. The Balaban J connectivity index is 2.39. The van der Waals surface area contributed by atoms with Gasteiger partial charge >= 0.3 is 5.97 Å². The van der Waals surface area contributed by atoms with Gasteiger partial charge in [-0.2, -0.15) is 0 Å². The third-order valence-corrected chi connectivity index (χ3v) is 2.58. The van der Waals surface area contributed by atoms with Crippen molar-refractivity contribution in [3.8, 4) is 0 Å². The average Bonchev–Trinajstić information content (AvgIpc) is 2.51. The van der Waals surface area contributed by atoms with E-state index in [4.69, 9.17) is 5.11 Å². The number of rotatable bonds is 4. The van der Waals surface area contributed by atoms with Crippen molar-refractivity contribution in [3.63, 3.8) is 0 Å². The Labute approximate surface area is 75.0 Å². The lowest BCUT2D eigenvalue weighted by molar-refractivity contribution is -0.136. The molecule has 1 aromatic heterocycles. The van der Waals surface area contributed by atoms with Crippen molar-refractivity contribution < 1.29 is 9.90 Å². The minimum absolute atomic E-state index is 0.0130. The molecule has 4 heteroatoms. The Morgan fingerprint density at radius 1 is 1.83 bits per heavy atom. The second-order valence-corrected chi connectivity index (χ2v) is 3.49. The first-order valence-electron chi connectivity index (χ1n) is 3.68. The normalized spacial score (nSPS) is 12.8. The van der Waals surface area contributed by atoms with Crippen LogP contribution in [-0.2, 0) is 4.79 Å². The molecule has 1 unspecified atom stereocenters. The van der Waals surface area contributed by atoms with Crippen LogP contribution in [0.25, 0.3) is 0 Å². The van der Waals surface area contributed by atoms with Crippen LogP contribution in [0.1, 0.15) is 17.8 Å². The molecule has 3 nitrogen and oxygen atoms in total. The Hall–Kier alpha value is -0.870. The lowest BCUT2D eigenvalue weighted by atomic mass is 10.3. The Bertz CT molecular complexity index is 246. The molecular formula is C8H11NO2S. The second-order valence-electron chi connectivity index (χ2n) is 2.51. The number of nitrogens with one attached hydrogen (secondary N) is 1. The molecule has 0 aromatic carbocycles. The first-order chi connectivity index (χ1) is 5.70. The molecule has 0 amide bonds. The molecular weight excluding hydrogens is 174 g/mol. The minimum Gasteiger partial charge on any atom is -0.480 e. The molecule has 0 spiro atoms. The van der Waals surface area contributed by atoms with Crippen LogP contribution < -0.4 is 5.32 Å². The fourth-order valence-electron chi connectivity index (χ4n) is 0.879. The number of thiophene rings is 1. The van der Waals surface area contributed by atoms with Crippen LogP contribution in [0, 0.1) is 0 Å². The van der Waals surface area contributed by atoms with Crippen LogP contribution in [0.3, 0.4) is 0 Å². The zero-order chi connectivity index (χ0) is 8.97. The summed E-state index contributed by atoms with van der Waals surface area (Å²) >= 11 is 1.63. The number of hydrogen-bond donors (Lipinski definition) is 2. The molecule has 66 valence electrons. The van der Waals surface area contributed by atoms with E-state index in [1.807, 2.05) is 24.4 Å². The maximum absolute atomic E-state index is 10.2. The van der Waals surface area contributed by atoms with Gasteiger partial charge in [-0.15, -0.1) is 11.3 Å². The fourth-order valence-corrected chi connectivity index (χ4v) is 1.64. The molecule has 0 saturated carbocycles. The molecule has 0 fully saturated rings. The van der Waals surface area contributed by atoms with Gasteiger partial charge in [-0.05, 0) is 18.4 Å². The summed E-state index contributed by atoms with van der Waals surface area (Å²) in [5.74, 6) is -0.821. The summed E-state index contributed by atoms with van der Waals surface area (Å²) in [4.78, 5) is 11.4. The van der Waals surface area contributed by atoms with Crippen molar-refractivity contribution in [3.05, 3.63) is 22.4 Å². The molecule has 0 bridgehead atoms. The van der Waals surface area contributed by atoms with E-state index in [1.54, 1.807) is 11.3 Å². The van der Waals surface area contributed by atoms with E-state index in [2.05, 4.69) is 5.32 Å². The van der Waals surface area contributed by atoms with Crippen molar-refractivity contribution in [2.75, 3.05) is 6.54 Å². The second kappa shape index (κ2) is 4.23. The number of aliphatic carboxylic acids is 1. The van der Waals surface area contributed by atoms with Gasteiger partial charge in [0, 0.05) is 10.9 Å². The van der Waals surface area contributed by atoms with Gasteiger partial charge in [0.05, 0.1) is 6.54 Å². The summed E-state index contributed by atoms with van der Waals surface area (Å²) in [6, 6.07) is 4.07. The van der Waals surface area contributed by atoms with Gasteiger partial charge in [0.2, 0.25) is 0 Å². The van der Waals surface area contributed by atoms with Crippen LogP contribution in [0.5, 0.6) is 0 Å². The summed E-state index contributed by atoms with van der Waals surface area (Å²) in [6.07, 6.45) is 0. The summed E-state index contributed by atoms with van der Waals surface area (Å²) in [5, 5.41) is 13.3. The Morgan fingerprint density at radius 3 is 3.08 bits per heavy atom. The van der Waals surface area contributed by atoms with Crippen molar-refractivity contribution in [2.24, 2.45) is 0 Å². The van der Waals surface area contributed by atoms with Crippen LogP contribution in [0.4, 0.5) is 0 Å². The van der Waals surface area contributed by atoms with Crippen molar-refractivity contribution in [1.82, 2.24) is 5.32 Å². The van der Waals surface area contributed by atoms with E-state index >= 15 is 0 Å². The van der Waals surface area contributed by atoms with Crippen LogP contribution >= 0.6 is 11.3 Å². The lowest BCUT2D eigenvalue weighted by Crippen LogP contribution is -2.24. The van der Waals surface area contributed by atoms with E-state index in [1.165, 1.54) is 0 Å². The Morgan fingerprint density at radius 2 is 2.58 bits per heavy atom. The maximum atomic E-state index is 10.2. The highest BCUT2D eigenvalue weighted by atomic mass is 32.1. The SMILES string of the molecule is CC(NCC(=O)O)c1cccs1. The van der Waals surface area contributed by atoms with E-state index < -0.39 is 5.97 Å². The zero-order valence-electron chi connectivity index (χ0n) is 6.78. The smallest absolute Gasteiger partial charge is 0.317 e. The predicted molar refractivity (Wildman–Crippen MR) is 48.4 cm³/mol. The third-order valence-electron chi connectivity index (χ3n) is 1.53. The summed E-state index contributed by atoms with van der Waals surface area (Å²) in [5.41, 5.74) is 0. The Kier molecular flexibility index (Phi) is 3.25. The number of carboxylic acid groups (broad SMARTS) is 1. The summed E-state index contributed by atoms with van der Waals surface area (Å²) in [7, 11) is 0. The molecule has 1 aromatic rings. The van der Waals surface area contributed by atoms with E-state index in [9.17, 15) is 4.79 Å². The fraction of sp³-hybridized carbons (Fsp3) is 0.375. The highest BCUT2D eigenvalue weighted by molar-refractivity contribution is 7.10. The number of carbonyl (C=O) groups is 1. The monoisotopic (exact) mass is 185 g/mol. The van der Waals surface area contributed by atoms with Gasteiger partial charge < -0.3 is 5.11 Å². The van der Waals surface area contributed by atoms with Crippen LogP contribution in [0.2, 0.25) is 0 Å². The van der Waals surface area contributed by atoms with Gasteiger partial charge in [0.15, 0.2) is 0 Å². The third kappa shape index (κ3) is 2.64. The molecule has 0 saturated heterocycles. The van der Waals surface area contributed by atoms with Gasteiger partial charge in [-0.3, -0.25) is 10.1 Å². The molecule has 0 radical (unpaired) electrons. The van der Waals surface area contributed by atoms with Crippen molar-refractivity contribution >= 4 is 17.3 Å². The molecule has 1 rings (SSSR count). The number of hydrogen-bond acceptors (Lipinski definition) is 3. The van der Waals surface area contributed by atoms with Gasteiger partial charge in [-0.1, -0.05) is 6.07 Å². The van der Waals surface area contributed by atoms with E-state index in [-0.39, 0.29) is 12.6 Å². The maximum Gasteiger partial charge on any atom is 0.317 e. The molecule has 12 heavy (non-hydrogen) atoms. The molecule has 0 aliphatic carbocycles. The first kappa shape index (κ1) is 9.22. The molecule has 2 N–H and O–H groups in total. The first-order valence-corrected chi connectivity index (χ1v) is 4.56. The predicted octanol–water partition coefficient (Wildman–Crippen LogP) is 1.48. The van der Waals surface area contributed by atoms with Gasteiger partial charge in [-0.25, -0.2) is 0 Å². The number of carboxylic acids is 1. The molecule has 0 aliphatic heterocycles. The van der Waals surface area contributed by atoms with Crippen molar-refractivity contribution in [1.29, 1.82) is 0 Å². The highest BCUT2D eigenvalue weighted by Crippen LogP contribution is 2.17. The quantitative estimate of drug-likeness (QED) is 0.747. The van der Waals surface area contributed by atoms with Crippen LogP contribution in [0.15, 0.2) is 17.5 Å². The molecule has 1 heterocycles. The van der Waals surface area contributed by atoms with Gasteiger partial charge in [0.25, 0.3) is 0 Å². The standard InChI is InChI=1S/C8H11NO2S/c1-6(9-5-8(10)11)7-3-2-4-12-7/h2-4,6,9H,5H2,1H3,(H,10,11). The summed E-state index contributed by atoms with van der Waals surface area (Å²) < 4.78 is 0. The van der Waals surface area contributed by atoms with Crippen LogP contribution in [-0.4, -0.2) is 17.6 Å². The lowest BCUT2D eigenvalue weighted by Gasteiger charge is -2.08. The highest BCUT2D eigenvalue weighted by Gasteiger charge is 2.06. The van der Waals surface area contributed by atoms with Crippen molar-refractivity contribution in [2.45, 2.75) is 13.0 Å². The molecule has 0 aliphatic rings. The topological polar surface area (TPSA) is 49.3 Å². The van der Waals surface area contributed by atoms with Gasteiger partial charge in [0.1, 0.15) is 0 Å². The minimum atomic E-state index is -0.821. The average molecular weight is 185 g/mol. The largest absolute Gasteiger partial charge is 0.480 e. The summed E-state index contributed by atoms with van der Waals surface area (Å²) in [6.45, 7) is 1.97. The zero-order valence-corrected chi connectivity index (χ0v) is 7.60. The van der Waals surface area contributed by atoms with E-state index in [0.29, 0.717) is 0 Å².